The van der Waals surface area contributed by atoms with Crippen LogP contribution in [0.15, 0.2) is 41.1 Å². The Morgan fingerprint density at radius 1 is 1.26 bits per heavy atom. The third kappa shape index (κ3) is 3.87. The van der Waals surface area contributed by atoms with Crippen molar-refractivity contribution >= 4 is 23.5 Å². The predicted octanol–water partition coefficient (Wildman–Crippen LogP) is 1.27. The Bertz CT molecular complexity index is 787. The highest BCUT2D eigenvalue weighted by molar-refractivity contribution is 5.92. The van der Waals surface area contributed by atoms with Gasteiger partial charge in [0.1, 0.15) is 11.9 Å². The molecule has 27 heavy (non-hydrogen) atoms. The fraction of sp³-hybridized carbons (Fsp3) is 0.389. The molecule has 2 aliphatic rings. The normalized spacial score (nSPS) is 19.9. The topological polar surface area (TPSA) is 97.1 Å². The fourth-order valence-corrected chi connectivity index (χ4v) is 3.06. The number of hydrogen-bond donors (Lipinski definition) is 1. The molecule has 0 aliphatic carbocycles. The molecule has 2 aromatic heterocycles. The number of nitrogens with one attached hydrogen (secondary N) is 1. The van der Waals surface area contributed by atoms with Crippen molar-refractivity contribution in [2.24, 2.45) is 0 Å². The zero-order valence-corrected chi connectivity index (χ0v) is 14.7. The van der Waals surface area contributed by atoms with Gasteiger partial charge in [-0.25, -0.2) is 9.78 Å². The molecule has 2 aliphatic heterocycles. The SMILES string of the molecule is O=C(NC[C@H]1CN(c2ccc(N3CCOCC3)nc2)C(=O)O1)c1ccco1. The number of cyclic esters (lactones) is 1. The first kappa shape index (κ1) is 17.3. The van der Waals surface area contributed by atoms with Crippen LogP contribution in [-0.4, -0.2) is 62.5 Å². The molecule has 2 amide bonds. The maximum atomic E-state index is 12.2. The molecule has 0 radical (unpaired) electrons. The third-order valence-electron chi connectivity index (χ3n) is 4.49. The summed E-state index contributed by atoms with van der Waals surface area (Å²) >= 11 is 0. The van der Waals surface area contributed by atoms with Gasteiger partial charge in [-0.15, -0.1) is 0 Å². The van der Waals surface area contributed by atoms with Crippen molar-refractivity contribution in [3.63, 3.8) is 0 Å². The lowest BCUT2D eigenvalue weighted by molar-refractivity contribution is 0.0889. The summed E-state index contributed by atoms with van der Waals surface area (Å²) in [4.78, 5) is 32.2. The predicted molar refractivity (Wildman–Crippen MR) is 95.9 cm³/mol. The van der Waals surface area contributed by atoms with Crippen LogP contribution in [0, 0.1) is 0 Å². The molecular weight excluding hydrogens is 352 g/mol. The maximum absolute atomic E-state index is 12.2. The highest BCUT2D eigenvalue weighted by Crippen LogP contribution is 2.23. The zero-order chi connectivity index (χ0) is 18.6. The number of carbonyl (C=O) groups is 2. The van der Waals surface area contributed by atoms with Gasteiger partial charge in [0.15, 0.2) is 5.76 Å². The van der Waals surface area contributed by atoms with Gasteiger partial charge in [0.2, 0.25) is 0 Å². The summed E-state index contributed by atoms with van der Waals surface area (Å²) in [6.45, 7) is 3.53. The van der Waals surface area contributed by atoms with Crippen LogP contribution in [0.2, 0.25) is 0 Å². The van der Waals surface area contributed by atoms with Crippen molar-refractivity contribution in [3.8, 4) is 0 Å². The minimum absolute atomic E-state index is 0.209. The molecule has 2 aromatic rings. The zero-order valence-electron chi connectivity index (χ0n) is 14.7. The standard InChI is InChI=1S/C18H20N4O5/c23-17(15-2-1-7-26-15)20-11-14-12-22(18(24)27-14)13-3-4-16(19-10-13)21-5-8-25-9-6-21/h1-4,7,10,14H,5-6,8-9,11-12H2,(H,20,23)/t14-/m0/s1. The number of furan rings is 1. The number of amides is 2. The van der Waals surface area contributed by atoms with Crippen molar-refractivity contribution in [2.45, 2.75) is 6.10 Å². The lowest BCUT2D eigenvalue weighted by atomic mass is 10.3. The molecule has 4 heterocycles. The van der Waals surface area contributed by atoms with Crippen LogP contribution < -0.4 is 15.1 Å². The Balaban J connectivity index is 1.34. The molecule has 0 spiro atoms. The molecule has 9 nitrogen and oxygen atoms in total. The first-order valence-corrected chi connectivity index (χ1v) is 8.79. The van der Waals surface area contributed by atoms with E-state index >= 15 is 0 Å². The molecule has 0 unspecified atom stereocenters. The molecule has 0 aromatic carbocycles. The van der Waals surface area contributed by atoms with Crippen LogP contribution in [0.5, 0.6) is 0 Å². The Morgan fingerprint density at radius 3 is 2.81 bits per heavy atom. The van der Waals surface area contributed by atoms with E-state index in [1.54, 1.807) is 18.3 Å². The number of nitrogens with zero attached hydrogens (tertiary/aromatic N) is 3. The van der Waals surface area contributed by atoms with Gasteiger partial charge in [0.05, 0.1) is 44.5 Å². The smallest absolute Gasteiger partial charge is 0.414 e. The highest BCUT2D eigenvalue weighted by Gasteiger charge is 2.33. The average Bonchev–Trinajstić information content (AvgIpc) is 3.37. The number of rotatable bonds is 5. The minimum atomic E-state index is -0.451. The summed E-state index contributed by atoms with van der Waals surface area (Å²) in [7, 11) is 0. The summed E-state index contributed by atoms with van der Waals surface area (Å²) in [5.41, 5.74) is 0.664. The molecule has 142 valence electrons. The van der Waals surface area contributed by atoms with E-state index in [-0.39, 0.29) is 18.2 Å². The molecule has 4 rings (SSSR count). The van der Waals surface area contributed by atoms with Gasteiger partial charge in [-0.3, -0.25) is 9.69 Å². The van der Waals surface area contributed by atoms with Gasteiger partial charge in [0.25, 0.3) is 5.91 Å². The van der Waals surface area contributed by atoms with E-state index in [9.17, 15) is 9.59 Å². The van der Waals surface area contributed by atoms with E-state index in [1.807, 2.05) is 12.1 Å². The lowest BCUT2D eigenvalue weighted by Crippen LogP contribution is -2.36. The molecule has 1 atom stereocenters. The van der Waals surface area contributed by atoms with Crippen LogP contribution in [0.25, 0.3) is 0 Å². The molecule has 2 saturated heterocycles. The second kappa shape index (κ2) is 7.67. The Hall–Kier alpha value is -3.07. The summed E-state index contributed by atoms with van der Waals surface area (Å²) in [5.74, 6) is 0.738. The van der Waals surface area contributed by atoms with Gasteiger partial charge in [0, 0.05) is 13.1 Å². The van der Waals surface area contributed by atoms with Gasteiger partial charge in [-0.05, 0) is 24.3 Å². The van der Waals surface area contributed by atoms with Gasteiger partial charge < -0.3 is 24.1 Å². The van der Waals surface area contributed by atoms with E-state index < -0.39 is 12.2 Å². The number of anilines is 2. The number of pyridine rings is 1. The first-order valence-electron chi connectivity index (χ1n) is 8.79. The molecule has 0 saturated carbocycles. The second-order valence-electron chi connectivity index (χ2n) is 6.28. The molecule has 9 heteroatoms. The quantitative estimate of drug-likeness (QED) is 0.844. The lowest BCUT2D eigenvalue weighted by Gasteiger charge is -2.28. The van der Waals surface area contributed by atoms with E-state index in [4.69, 9.17) is 13.9 Å². The Labute approximate surface area is 155 Å². The number of ether oxygens (including phenoxy) is 2. The summed E-state index contributed by atoms with van der Waals surface area (Å²) in [6, 6.07) is 6.95. The van der Waals surface area contributed by atoms with Crippen molar-refractivity contribution in [1.82, 2.24) is 10.3 Å². The molecule has 1 N–H and O–H groups in total. The summed E-state index contributed by atoms with van der Waals surface area (Å²) in [5, 5.41) is 2.70. The Kier molecular flexibility index (Phi) is 4.93. The van der Waals surface area contributed by atoms with Crippen LogP contribution >= 0.6 is 0 Å². The van der Waals surface area contributed by atoms with Crippen LogP contribution in [0.4, 0.5) is 16.3 Å². The van der Waals surface area contributed by atoms with Gasteiger partial charge in [-0.1, -0.05) is 0 Å². The molecular formula is C18H20N4O5. The maximum Gasteiger partial charge on any atom is 0.414 e. The van der Waals surface area contributed by atoms with Crippen LogP contribution in [-0.2, 0) is 9.47 Å². The van der Waals surface area contributed by atoms with Gasteiger partial charge in [-0.2, -0.15) is 0 Å². The van der Waals surface area contributed by atoms with Crippen molar-refractivity contribution in [1.29, 1.82) is 0 Å². The minimum Gasteiger partial charge on any atom is -0.459 e. The largest absolute Gasteiger partial charge is 0.459 e. The number of aromatic nitrogens is 1. The van der Waals surface area contributed by atoms with Crippen molar-refractivity contribution in [2.75, 3.05) is 49.2 Å². The molecule has 0 bridgehead atoms. The monoisotopic (exact) mass is 372 g/mol. The summed E-state index contributed by atoms with van der Waals surface area (Å²) < 4.78 is 15.7. The van der Waals surface area contributed by atoms with Crippen LogP contribution in [0.1, 0.15) is 10.6 Å². The van der Waals surface area contributed by atoms with E-state index in [1.165, 1.54) is 11.2 Å². The third-order valence-corrected chi connectivity index (χ3v) is 4.49. The fourth-order valence-electron chi connectivity index (χ4n) is 3.06. The second-order valence-corrected chi connectivity index (χ2v) is 6.28. The average molecular weight is 372 g/mol. The van der Waals surface area contributed by atoms with Crippen molar-refractivity contribution < 1.29 is 23.5 Å². The summed E-state index contributed by atoms with van der Waals surface area (Å²) in [6.07, 6.45) is 2.21. The van der Waals surface area contributed by atoms with E-state index in [0.717, 1.165) is 18.9 Å². The van der Waals surface area contributed by atoms with Gasteiger partial charge >= 0.3 is 6.09 Å². The van der Waals surface area contributed by atoms with Crippen LogP contribution in [0.3, 0.4) is 0 Å². The number of morpholine rings is 1. The molecule has 2 fully saturated rings. The number of carbonyl (C=O) groups excluding carboxylic acids is 2. The van der Waals surface area contributed by atoms with E-state index in [0.29, 0.717) is 25.4 Å². The number of hydrogen-bond acceptors (Lipinski definition) is 7. The first-order chi connectivity index (χ1) is 13.2. The Morgan fingerprint density at radius 2 is 2.11 bits per heavy atom. The van der Waals surface area contributed by atoms with Crippen molar-refractivity contribution in [3.05, 3.63) is 42.5 Å². The highest BCUT2D eigenvalue weighted by atomic mass is 16.6. The van der Waals surface area contributed by atoms with E-state index in [2.05, 4.69) is 15.2 Å².